The Labute approximate surface area is 234 Å². The highest BCUT2D eigenvalue weighted by Crippen LogP contribution is 2.32. The van der Waals surface area contributed by atoms with E-state index in [0.29, 0.717) is 23.6 Å². The number of hydrogen-bond donors (Lipinski definition) is 2. The van der Waals surface area contributed by atoms with Gasteiger partial charge in [-0.25, -0.2) is 4.98 Å². The third-order valence-electron chi connectivity index (χ3n) is 7.14. The number of thiazole rings is 1. The number of nitrogens with zero attached hydrogens (tertiary/aromatic N) is 4. The van der Waals surface area contributed by atoms with Crippen LogP contribution >= 0.6 is 11.3 Å². The van der Waals surface area contributed by atoms with Gasteiger partial charge in [0.2, 0.25) is 5.91 Å². The average Bonchev–Trinajstić information content (AvgIpc) is 3.47. The Bertz CT molecular complexity index is 1970. The van der Waals surface area contributed by atoms with Crippen LogP contribution in [0, 0.1) is 13.8 Å². The van der Waals surface area contributed by atoms with E-state index in [1.54, 1.807) is 4.57 Å². The minimum Gasteiger partial charge on any atom is -0.326 e. The van der Waals surface area contributed by atoms with Crippen LogP contribution in [0.15, 0.2) is 77.6 Å². The molecule has 3 aromatic heterocycles. The minimum absolute atomic E-state index is 0.0495. The van der Waals surface area contributed by atoms with Crippen LogP contribution in [0.2, 0.25) is 0 Å². The molecular formula is C31H28N6O2S. The van der Waals surface area contributed by atoms with E-state index in [-0.39, 0.29) is 11.5 Å². The van der Waals surface area contributed by atoms with Gasteiger partial charge in [0.05, 0.1) is 27.8 Å². The fraction of sp³-hybridized carbons (Fsp3) is 0.161. The van der Waals surface area contributed by atoms with E-state index in [4.69, 9.17) is 10.8 Å². The molecule has 0 radical (unpaired) electrons. The highest BCUT2D eigenvalue weighted by molar-refractivity contribution is 7.22. The van der Waals surface area contributed by atoms with E-state index in [2.05, 4.69) is 16.4 Å². The molecule has 6 rings (SSSR count). The molecule has 0 aliphatic rings. The quantitative estimate of drug-likeness (QED) is 0.284. The maximum Gasteiger partial charge on any atom is 0.263 e. The van der Waals surface area contributed by atoms with Crippen molar-refractivity contribution in [2.24, 2.45) is 5.73 Å². The Kier molecular flexibility index (Phi) is 6.53. The van der Waals surface area contributed by atoms with Crippen molar-refractivity contribution in [1.29, 1.82) is 0 Å². The van der Waals surface area contributed by atoms with Crippen LogP contribution < -0.4 is 16.6 Å². The van der Waals surface area contributed by atoms with E-state index in [1.807, 2.05) is 85.3 Å². The SMILES string of the molecule is CC(=O)Nc1nc2ccc(-c3nn(Cc4cc5cccc(C)c5c(=O)n4-c4ccccc4)c(C)c3CN)cc2s1. The van der Waals surface area contributed by atoms with Crippen molar-refractivity contribution in [2.45, 2.75) is 33.9 Å². The van der Waals surface area contributed by atoms with Crippen LogP contribution in [0.3, 0.4) is 0 Å². The molecule has 8 nitrogen and oxygen atoms in total. The lowest BCUT2D eigenvalue weighted by molar-refractivity contribution is -0.114. The van der Waals surface area contributed by atoms with Crippen molar-refractivity contribution in [2.75, 3.05) is 5.32 Å². The molecular weight excluding hydrogens is 520 g/mol. The molecule has 0 saturated carbocycles. The lowest BCUT2D eigenvalue weighted by Gasteiger charge is -2.16. The number of pyridine rings is 1. The first kappa shape index (κ1) is 25.7. The number of nitrogens with two attached hydrogens (primary N) is 1. The summed E-state index contributed by atoms with van der Waals surface area (Å²) in [6, 6.07) is 23.6. The van der Waals surface area contributed by atoms with Crippen LogP contribution in [-0.2, 0) is 17.9 Å². The maximum absolute atomic E-state index is 13.9. The van der Waals surface area contributed by atoms with Crippen LogP contribution in [-0.4, -0.2) is 25.2 Å². The molecule has 9 heteroatoms. The molecule has 0 atom stereocenters. The monoisotopic (exact) mass is 548 g/mol. The summed E-state index contributed by atoms with van der Waals surface area (Å²) in [4.78, 5) is 29.8. The summed E-state index contributed by atoms with van der Waals surface area (Å²) in [5.74, 6) is -0.156. The molecule has 3 N–H and O–H groups in total. The highest BCUT2D eigenvalue weighted by atomic mass is 32.1. The molecule has 0 unspecified atom stereocenters. The topological polar surface area (TPSA) is 108 Å². The van der Waals surface area contributed by atoms with E-state index in [0.717, 1.165) is 55.1 Å². The number of benzene rings is 3. The summed E-state index contributed by atoms with van der Waals surface area (Å²) >= 11 is 1.42. The molecule has 3 aromatic carbocycles. The second kappa shape index (κ2) is 10.2. The third kappa shape index (κ3) is 4.49. The van der Waals surface area contributed by atoms with Gasteiger partial charge >= 0.3 is 0 Å². The molecule has 1 amide bonds. The predicted molar refractivity (Wildman–Crippen MR) is 161 cm³/mol. The molecule has 40 heavy (non-hydrogen) atoms. The molecule has 200 valence electrons. The molecule has 6 aromatic rings. The second-order valence-corrected chi connectivity index (χ2v) is 10.8. The fourth-order valence-corrected chi connectivity index (χ4v) is 6.16. The predicted octanol–water partition coefficient (Wildman–Crippen LogP) is 5.55. The van der Waals surface area contributed by atoms with Gasteiger partial charge in [-0.2, -0.15) is 5.10 Å². The number of aromatic nitrogens is 4. The number of carbonyl (C=O) groups is 1. The Hall–Kier alpha value is -4.60. The third-order valence-corrected chi connectivity index (χ3v) is 8.07. The first-order valence-corrected chi connectivity index (χ1v) is 13.8. The van der Waals surface area contributed by atoms with E-state index < -0.39 is 0 Å². The number of hydrogen-bond acceptors (Lipinski definition) is 6. The zero-order valence-electron chi connectivity index (χ0n) is 22.4. The summed E-state index contributed by atoms with van der Waals surface area (Å²) in [6.45, 7) is 6.16. The number of fused-ring (bicyclic) bond motifs is 2. The van der Waals surface area contributed by atoms with Crippen molar-refractivity contribution in [3.05, 3.63) is 106 Å². The molecule has 0 saturated heterocycles. The van der Waals surface area contributed by atoms with Gasteiger partial charge in [0, 0.05) is 41.7 Å². The van der Waals surface area contributed by atoms with Crippen LogP contribution in [0.25, 0.3) is 37.9 Å². The van der Waals surface area contributed by atoms with Crippen LogP contribution in [0.5, 0.6) is 0 Å². The summed E-state index contributed by atoms with van der Waals surface area (Å²) in [5, 5.41) is 9.94. The van der Waals surface area contributed by atoms with Crippen molar-refractivity contribution in [3.8, 4) is 16.9 Å². The van der Waals surface area contributed by atoms with E-state index >= 15 is 0 Å². The molecule has 3 heterocycles. The first-order valence-electron chi connectivity index (χ1n) is 13.0. The molecule has 0 bridgehead atoms. The lowest BCUT2D eigenvalue weighted by atomic mass is 10.1. The second-order valence-electron chi connectivity index (χ2n) is 9.81. The summed E-state index contributed by atoms with van der Waals surface area (Å²) < 4.78 is 4.65. The summed E-state index contributed by atoms with van der Waals surface area (Å²) in [6.07, 6.45) is 0. The first-order chi connectivity index (χ1) is 19.3. The van der Waals surface area contributed by atoms with Crippen molar-refractivity contribution in [3.63, 3.8) is 0 Å². The smallest absolute Gasteiger partial charge is 0.263 e. The van der Waals surface area contributed by atoms with Crippen LogP contribution in [0.4, 0.5) is 5.13 Å². The van der Waals surface area contributed by atoms with Gasteiger partial charge in [0.1, 0.15) is 0 Å². The standard InChI is InChI=1S/C31H28N6O2S/c1-18-8-7-9-21-14-24(37(30(39)28(18)21)23-10-5-4-6-11-23)17-36-19(2)25(16-32)29(35-36)22-12-13-26-27(15-22)40-31(34-26)33-20(3)38/h4-15H,16-17,32H2,1-3H3,(H,33,34,38). The van der Waals surface area contributed by atoms with E-state index in [9.17, 15) is 9.59 Å². The number of nitrogens with one attached hydrogen (secondary N) is 1. The fourth-order valence-electron chi connectivity index (χ4n) is 5.21. The number of rotatable bonds is 6. The Morgan fingerprint density at radius 3 is 2.58 bits per heavy atom. The van der Waals surface area contributed by atoms with Gasteiger partial charge in [0.15, 0.2) is 5.13 Å². The number of para-hydroxylation sites is 1. The van der Waals surface area contributed by atoms with Crippen molar-refractivity contribution < 1.29 is 4.79 Å². The molecule has 0 aliphatic carbocycles. The zero-order chi connectivity index (χ0) is 28.0. The normalized spacial score (nSPS) is 11.4. The molecule has 0 spiro atoms. The van der Waals surface area contributed by atoms with Gasteiger partial charge in [-0.3, -0.25) is 18.8 Å². The number of amides is 1. The van der Waals surface area contributed by atoms with Gasteiger partial charge in [-0.05, 0) is 55.1 Å². The zero-order valence-corrected chi connectivity index (χ0v) is 23.2. The summed E-state index contributed by atoms with van der Waals surface area (Å²) in [5.41, 5.74) is 13.2. The van der Waals surface area contributed by atoms with Gasteiger partial charge in [0.25, 0.3) is 5.56 Å². The number of anilines is 1. The van der Waals surface area contributed by atoms with Crippen LogP contribution in [0.1, 0.15) is 29.4 Å². The Morgan fingerprint density at radius 1 is 1.02 bits per heavy atom. The maximum atomic E-state index is 13.9. The highest BCUT2D eigenvalue weighted by Gasteiger charge is 2.19. The van der Waals surface area contributed by atoms with Gasteiger partial charge < -0.3 is 11.1 Å². The lowest BCUT2D eigenvalue weighted by Crippen LogP contribution is -2.24. The minimum atomic E-state index is -0.156. The number of aryl methyl sites for hydroxylation is 1. The largest absolute Gasteiger partial charge is 0.326 e. The number of carbonyl (C=O) groups excluding carboxylic acids is 1. The average molecular weight is 549 g/mol. The molecule has 0 aliphatic heterocycles. The Morgan fingerprint density at radius 2 is 1.82 bits per heavy atom. The van der Waals surface area contributed by atoms with Gasteiger partial charge in [-0.1, -0.05) is 53.8 Å². The van der Waals surface area contributed by atoms with E-state index in [1.165, 1.54) is 18.3 Å². The molecule has 0 fully saturated rings. The van der Waals surface area contributed by atoms with Crippen molar-refractivity contribution in [1.82, 2.24) is 19.3 Å². The summed E-state index contributed by atoms with van der Waals surface area (Å²) in [7, 11) is 0. The van der Waals surface area contributed by atoms with Crippen molar-refractivity contribution >= 4 is 43.4 Å². The van der Waals surface area contributed by atoms with Gasteiger partial charge in [-0.15, -0.1) is 0 Å². The Balaban J connectivity index is 1.48.